The molecule has 0 aliphatic rings. The Hall–Kier alpha value is -0.220. The van der Waals surface area contributed by atoms with E-state index in [9.17, 15) is 9.00 Å². The minimum atomic E-state index is -1.03. The number of rotatable bonds is 6. The van der Waals surface area contributed by atoms with E-state index in [1.165, 1.54) is 6.92 Å². The van der Waals surface area contributed by atoms with Crippen LogP contribution >= 0.6 is 0 Å². The first-order valence-corrected chi connectivity index (χ1v) is 5.34. The standard InChI is InChI=1S/C8H16O3S/c1-7(9)8(2)12(10)6-4-5-11-3/h8H,4-6H2,1-3H3. The number of carbonyl (C=O) groups is 1. The SMILES string of the molecule is COCCCS(=O)C(C)C(C)=O. The van der Waals surface area contributed by atoms with E-state index in [2.05, 4.69) is 0 Å². The second-order valence-electron chi connectivity index (χ2n) is 2.68. The van der Waals surface area contributed by atoms with E-state index in [1.807, 2.05) is 0 Å². The number of ketones is 1. The van der Waals surface area contributed by atoms with Crippen LogP contribution in [0.1, 0.15) is 20.3 Å². The second-order valence-corrected chi connectivity index (χ2v) is 4.56. The van der Waals surface area contributed by atoms with E-state index in [0.717, 1.165) is 6.42 Å². The predicted octanol–water partition coefficient (Wildman–Crippen LogP) is 0.749. The molecule has 4 heteroatoms. The lowest BCUT2D eigenvalue weighted by atomic mass is 10.3. The third-order valence-corrected chi connectivity index (χ3v) is 3.47. The van der Waals surface area contributed by atoms with E-state index in [-0.39, 0.29) is 11.0 Å². The molecule has 0 N–H and O–H groups in total. The molecule has 0 heterocycles. The first kappa shape index (κ1) is 11.8. The Morgan fingerprint density at radius 3 is 2.58 bits per heavy atom. The zero-order chi connectivity index (χ0) is 9.56. The number of hydrogen-bond acceptors (Lipinski definition) is 3. The summed E-state index contributed by atoms with van der Waals surface area (Å²) < 4.78 is 16.1. The van der Waals surface area contributed by atoms with Gasteiger partial charge >= 0.3 is 0 Å². The number of methoxy groups -OCH3 is 1. The van der Waals surface area contributed by atoms with Crippen LogP contribution in [0, 0.1) is 0 Å². The van der Waals surface area contributed by atoms with E-state index in [0.29, 0.717) is 12.4 Å². The summed E-state index contributed by atoms with van der Waals surface area (Å²) in [5, 5.41) is -0.332. The first-order chi connectivity index (χ1) is 5.59. The van der Waals surface area contributed by atoms with Gasteiger partial charge in [-0.15, -0.1) is 0 Å². The molecule has 0 aromatic carbocycles. The summed E-state index contributed by atoms with van der Waals surface area (Å²) >= 11 is 0. The molecular weight excluding hydrogens is 176 g/mol. The van der Waals surface area contributed by atoms with Crippen molar-refractivity contribution >= 4 is 16.6 Å². The molecule has 72 valence electrons. The van der Waals surface area contributed by atoms with Crippen molar-refractivity contribution in [2.45, 2.75) is 25.5 Å². The van der Waals surface area contributed by atoms with Crippen molar-refractivity contribution in [1.82, 2.24) is 0 Å². The summed E-state index contributed by atoms with van der Waals surface area (Å²) in [7, 11) is 0.583. The molecule has 0 aromatic rings. The molecule has 0 radical (unpaired) electrons. The third kappa shape index (κ3) is 4.62. The number of ether oxygens (including phenoxy) is 1. The zero-order valence-corrected chi connectivity index (χ0v) is 8.65. The van der Waals surface area contributed by atoms with E-state index < -0.39 is 10.8 Å². The second kappa shape index (κ2) is 6.31. The van der Waals surface area contributed by atoms with Crippen LogP contribution in [-0.2, 0) is 20.3 Å². The molecule has 2 atom stereocenters. The summed E-state index contributed by atoms with van der Waals surface area (Å²) in [4.78, 5) is 10.8. The van der Waals surface area contributed by atoms with Gasteiger partial charge in [-0.05, 0) is 20.3 Å². The van der Waals surface area contributed by atoms with Gasteiger partial charge in [0, 0.05) is 30.3 Å². The molecule has 0 aliphatic carbocycles. The molecule has 0 bridgehead atoms. The van der Waals surface area contributed by atoms with Crippen molar-refractivity contribution in [3.05, 3.63) is 0 Å². The van der Waals surface area contributed by atoms with Gasteiger partial charge in [-0.1, -0.05) is 0 Å². The third-order valence-electron chi connectivity index (χ3n) is 1.66. The van der Waals surface area contributed by atoms with Gasteiger partial charge in [-0.3, -0.25) is 9.00 Å². The van der Waals surface area contributed by atoms with Crippen LogP contribution in [0.2, 0.25) is 0 Å². The minimum absolute atomic E-state index is 0.00856. The predicted molar refractivity (Wildman–Crippen MR) is 49.6 cm³/mol. The molecule has 0 rings (SSSR count). The highest BCUT2D eigenvalue weighted by Crippen LogP contribution is 1.99. The van der Waals surface area contributed by atoms with E-state index in [1.54, 1.807) is 14.0 Å². The Kier molecular flexibility index (Phi) is 6.20. The van der Waals surface area contributed by atoms with Crippen LogP contribution in [0.15, 0.2) is 0 Å². The van der Waals surface area contributed by atoms with Gasteiger partial charge in [-0.2, -0.15) is 0 Å². The Morgan fingerprint density at radius 2 is 2.17 bits per heavy atom. The molecule has 0 saturated carbocycles. The van der Waals surface area contributed by atoms with Gasteiger partial charge in [0.25, 0.3) is 0 Å². The highest BCUT2D eigenvalue weighted by Gasteiger charge is 2.14. The molecule has 3 nitrogen and oxygen atoms in total. The topological polar surface area (TPSA) is 43.4 Å². The lowest BCUT2D eigenvalue weighted by molar-refractivity contribution is -0.116. The van der Waals surface area contributed by atoms with Gasteiger partial charge in [0.1, 0.15) is 5.78 Å². The lowest BCUT2D eigenvalue weighted by Crippen LogP contribution is -2.22. The lowest BCUT2D eigenvalue weighted by Gasteiger charge is -2.06. The molecule has 2 unspecified atom stereocenters. The van der Waals surface area contributed by atoms with Gasteiger partial charge in [-0.25, -0.2) is 0 Å². The quantitative estimate of drug-likeness (QED) is 0.583. The average molecular weight is 192 g/mol. The maximum Gasteiger partial charge on any atom is 0.145 e. The fourth-order valence-corrected chi connectivity index (χ4v) is 1.83. The van der Waals surface area contributed by atoms with Crippen LogP contribution in [-0.4, -0.2) is 34.7 Å². The summed E-state index contributed by atoms with van der Waals surface area (Å²) in [5.41, 5.74) is 0. The summed E-state index contributed by atoms with van der Waals surface area (Å²) in [5.74, 6) is 0.542. The molecule has 0 spiro atoms. The summed E-state index contributed by atoms with van der Waals surface area (Å²) in [6, 6.07) is 0. The molecule has 0 amide bonds. The number of Topliss-reactive ketones (excluding diaryl/α,β-unsaturated/α-hetero) is 1. The van der Waals surface area contributed by atoms with Crippen molar-refractivity contribution in [1.29, 1.82) is 0 Å². The molecular formula is C8H16O3S. The van der Waals surface area contributed by atoms with Crippen molar-refractivity contribution in [2.24, 2.45) is 0 Å². The van der Waals surface area contributed by atoms with E-state index in [4.69, 9.17) is 4.74 Å². The molecule has 0 aromatic heterocycles. The van der Waals surface area contributed by atoms with Crippen LogP contribution in [0.3, 0.4) is 0 Å². The largest absolute Gasteiger partial charge is 0.385 e. The smallest absolute Gasteiger partial charge is 0.145 e. The first-order valence-electron chi connectivity index (χ1n) is 3.96. The average Bonchev–Trinajstić information content (AvgIpc) is 2.03. The molecule has 0 aliphatic heterocycles. The fourth-order valence-electron chi connectivity index (χ4n) is 0.707. The summed E-state index contributed by atoms with van der Waals surface area (Å²) in [6.45, 7) is 3.78. The van der Waals surface area contributed by atoms with Gasteiger partial charge < -0.3 is 4.74 Å². The highest BCUT2D eigenvalue weighted by molar-refractivity contribution is 7.86. The van der Waals surface area contributed by atoms with Gasteiger partial charge in [0.05, 0.1) is 5.25 Å². The van der Waals surface area contributed by atoms with Crippen LogP contribution < -0.4 is 0 Å². The maximum atomic E-state index is 11.3. The normalized spacial score (nSPS) is 15.6. The van der Waals surface area contributed by atoms with Crippen molar-refractivity contribution < 1.29 is 13.7 Å². The fraction of sp³-hybridized carbons (Fsp3) is 0.875. The molecule has 0 saturated heterocycles. The van der Waals surface area contributed by atoms with Gasteiger partial charge in [0.2, 0.25) is 0 Å². The zero-order valence-electron chi connectivity index (χ0n) is 7.83. The van der Waals surface area contributed by atoms with Crippen molar-refractivity contribution in [3.8, 4) is 0 Å². The number of carbonyl (C=O) groups excluding carboxylic acids is 1. The highest BCUT2D eigenvalue weighted by atomic mass is 32.2. The Labute approximate surface area is 75.9 Å². The number of hydrogen-bond donors (Lipinski definition) is 0. The maximum absolute atomic E-state index is 11.3. The molecule has 0 fully saturated rings. The van der Waals surface area contributed by atoms with Gasteiger partial charge in [0.15, 0.2) is 0 Å². The molecule has 12 heavy (non-hydrogen) atoms. The van der Waals surface area contributed by atoms with Crippen LogP contribution in [0.4, 0.5) is 0 Å². The van der Waals surface area contributed by atoms with Crippen LogP contribution in [0.5, 0.6) is 0 Å². The Balaban J connectivity index is 3.65. The minimum Gasteiger partial charge on any atom is -0.385 e. The Bertz CT molecular complexity index is 168. The Morgan fingerprint density at radius 1 is 1.58 bits per heavy atom. The van der Waals surface area contributed by atoms with Crippen LogP contribution in [0.25, 0.3) is 0 Å². The summed E-state index contributed by atoms with van der Waals surface area (Å²) in [6.07, 6.45) is 0.751. The van der Waals surface area contributed by atoms with Crippen molar-refractivity contribution in [3.63, 3.8) is 0 Å². The monoisotopic (exact) mass is 192 g/mol. The van der Waals surface area contributed by atoms with Crippen molar-refractivity contribution in [2.75, 3.05) is 19.5 Å². The van der Waals surface area contributed by atoms with E-state index >= 15 is 0 Å².